The van der Waals surface area contributed by atoms with Crippen LogP contribution in [0.15, 0.2) is 75.0 Å². The Balaban J connectivity index is 2.26. The molecule has 2 aromatic carbocycles. The second kappa shape index (κ2) is 7.82. The van der Waals surface area contributed by atoms with Crippen LogP contribution in [0.25, 0.3) is 16.1 Å². The quantitative estimate of drug-likeness (QED) is 0.374. The van der Waals surface area contributed by atoms with Crippen LogP contribution >= 0.6 is 15.9 Å². The van der Waals surface area contributed by atoms with Crippen molar-refractivity contribution in [3.63, 3.8) is 0 Å². The molecule has 1 heterocycles. The van der Waals surface area contributed by atoms with Crippen molar-refractivity contribution >= 4 is 27.8 Å². The molecule has 0 unspecified atom stereocenters. The SMILES string of the molecule is [C-]#[N+]c1c(C(F)(F)F)cc(-c2ccccc2)n(/N=C/c2ccc(Br)cc2)c1=O. The van der Waals surface area contributed by atoms with Gasteiger partial charge in [0.1, 0.15) is 0 Å². The van der Waals surface area contributed by atoms with E-state index in [0.29, 0.717) is 11.1 Å². The number of hydrogen-bond acceptors (Lipinski definition) is 2. The molecule has 0 saturated heterocycles. The lowest BCUT2D eigenvalue weighted by Gasteiger charge is -2.14. The Morgan fingerprint density at radius 3 is 2.29 bits per heavy atom. The molecular formula is C20H11BrF3N3O. The van der Waals surface area contributed by atoms with Gasteiger partial charge in [-0.25, -0.2) is 9.52 Å². The fraction of sp³-hybridized carbons (Fsp3) is 0.0500. The van der Waals surface area contributed by atoms with Gasteiger partial charge in [0.25, 0.3) is 11.2 Å². The van der Waals surface area contributed by atoms with E-state index in [-0.39, 0.29) is 5.69 Å². The van der Waals surface area contributed by atoms with Gasteiger partial charge in [0.15, 0.2) is 0 Å². The molecule has 0 amide bonds. The minimum absolute atomic E-state index is 0.0568. The molecule has 28 heavy (non-hydrogen) atoms. The van der Waals surface area contributed by atoms with Crippen LogP contribution in [0.1, 0.15) is 11.1 Å². The van der Waals surface area contributed by atoms with E-state index in [9.17, 15) is 18.0 Å². The van der Waals surface area contributed by atoms with Crippen LogP contribution in [0.2, 0.25) is 0 Å². The number of pyridine rings is 1. The second-order valence-corrected chi connectivity index (χ2v) is 6.60. The van der Waals surface area contributed by atoms with E-state index in [2.05, 4.69) is 25.9 Å². The summed E-state index contributed by atoms with van der Waals surface area (Å²) in [5.41, 5.74) is -2.47. The van der Waals surface area contributed by atoms with Gasteiger partial charge in [-0.05, 0) is 23.8 Å². The number of benzene rings is 2. The maximum absolute atomic E-state index is 13.4. The van der Waals surface area contributed by atoms with Gasteiger partial charge in [0, 0.05) is 10.0 Å². The lowest BCUT2D eigenvalue weighted by atomic mass is 10.1. The second-order valence-electron chi connectivity index (χ2n) is 5.68. The van der Waals surface area contributed by atoms with E-state index in [1.54, 1.807) is 54.6 Å². The van der Waals surface area contributed by atoms with Gasteiger partial charge in [-0.15, -0.1) is 0 Å². The molecule has 0 saturated carbocycles. The first-order valence-corrected chi connectivity index (χ1v) is 8.70. The maximum Gasteiger partial charge on any atom is 0.407 e. The molecule has 4 nitrogen and oxygen atoms in total. The Kier molecular flexibility index (Phi) is 5.47. The van der Waals surface area contributed by atoms with Crippen LogP contribution in [0.3, 0.4) is 0 Å². The molecule has 0 spiro atoms. The Morgan fingerprint density at radius 1 is 1.07 bits per heavy atom. The van der Waals surface area contributed by atoms with Crippen LogP contribution in [0, 0.1) is 6.57 Å². The van der Waals surface area contributed by atoms with Crippen molar-refractivity contribution in [1.82, 2.24) is 4.68 Å². The van der Waals surface area contributed by atoms with Crippen LogP contribution in [-0.4, -0.2) is 10.9 Å². The minimum Gasteiger partial charge on any atom is -0.281 e. The van der Waals surface area contributed by atoms with Gasteiger partial charge >= 0.3 is 6.18 Å². The van der Waals surface area contributed by atoms with E-state index in [4.69, 9.17) is 6.57 Å². The largest absolute Gasteiger partial charge is 0.407 e. The highest BCUT2D eigenvalue weighted by molar-refractivity contribution is 9.10. The van der Waals surface area contributed by atoms with Crippen molar-refractivity contribution in [1.29, 1.82) is 0 Å². The average Bonchev–Trinajstić information content (AvgIpc) is 2.67. The Labute approximate surface area is 166 Å². The molecule has 0 bridgehead atoms. The zero-order valence-electron chi connectivity index (χ0n) is 14.1. The molecule has 3 rings (SSSR count). The highest BCUT2D eigenvalue weighted by atomic mass is 79.9. The molecule has 0 radical (unpaired) electrons. The third-order valence-electron chi connectivity index (χ3n) is 3.84. The monoisotopic (exact) mass is 445 g/mol. The van der Waals surface area contributed by atoms with Gasteiger partial charge in [-0.3, -0.25) is 4.79 Å². The molecule has 3 aromatic rings. The first-order valence-electron chi connectivity index (χ1n) is 7.91. The summed E-state index contributed by atoms with van der Waals surface area (Å²) in [6.07, 6.45) is -3.49. The summed E-state index contributed by atoms with van der Waals surface area (Å²) in [4.78, 5) is 15.5. The summed E-state index contributed by atoms with van der Waals surface area (Å²) in [5.74, 6) is 0. The fourth-order valence-electron chi connectivity index (χ4n) is 2.52. The number of hydrogen-bond donors (Lipinski definition) is 0. The van der Waals surface area contributed by atoms with Gasteiger partial charge in [0.2, 0.25) is 0 Å². The van der Waals surface area contributed by atoms with Crippen LogP contribution in [-0.2, 0) is 6.18 Å². The predicted octanol–water partition coefficient (Wildman–Crippen LogP) is 5.73. The molecule has 140 valence electrons. The smallest absolute Gasteiger partial charge is 0.281 e. The molecule has 1 aromatic heterocycles. The average molecular weight is 446 g/mol. The zero-order chi connectivity index (χ0) is 20.3. The van der Waals surface area contributed by atoms with Crippen LogP contribution < -0.4 is 5.56 Å². The third kappa shape index (κ3) is 4.05. The first-order chi connectivity index (χ1) is 13.3. The van der Waals surface area contributed by atoms with E-state index in [1.165, 1.54) is 6.21 Å². The molecule has 0 N–H and O–H groups in total. The summed E-state index contributed by atoms with van der Waals surface area (Å²) in [7, 11) is 0. The molecular weight excluding hydrogens is 435 g/mol. The molecule has 0 fully saturated rings. The van der Waals surface area contributed by atoms with Crippen LogP contribution in [0.4, 0.5) is 18.9 Å². The molecule has 0 aliphatic carbocycles. The van der Waals surface area contributed by atoms with Crippen molar-refractivity contribution in [2.75, 3.05) is 0 Å². The highest BCUT2D eigenvalue weighted by Crippen LogP contribution is 2.37. The van der Waals surface area contributed by atoms with Gasteiger partial charge in [0.05, 0.1) is 24.0 Å². The van der Waals surface area contributed by atoms with Crippen molar-refractivity contribution in [3.05, 3.63) is 98.0 Å². The molecule has 0 aliphatic rings. The molecule has 0 atom stereocenters. The standard InChI is InChI=1S/C20H11BrF3N3O/c1-25-18-16(20(22,23)24)11-17(14-5-3-2-4-6-14)27(19(18)28)26-12-13-7-9-15(21)10-8-13/h2-12H/b26-12+. The van der Waals surface area contributed by atoms with Gasteiger partial charge in [-0.1, -0.05) is 58.4 Å². The van der Waals surface area contributed by atoms with Crippen molar-refractivity contribution in [2.24, 2.45) is 5.10 Å². The topological polar surface area (TPSA) is 38.7 Å². The zero-order valence-corrected chi connectivity index (χ0v) is 15.7. The van der Waals surface area contributed by atoms with Crippen molar-refractivity contribution < 1.29 is 13.2 Å². The predicted molar refractivity (Wildman–Crippen MR) is 105 cm³/mol. The maximum atomic E-state index is 13.4. The third-order valence-corrected chi connectivity index (χ3v) is 4.37. The number of aromatic nitrogens is 1. The minimum atomic E-state index is -4.84. The number of nitrogens with zero attached hydrogens (tertiary/aromatic N) is 3. The van der Waals surface area contributed by atoms with E-state index < -0.39 is 23.0 Å². The Morgan fingerprint density at radius 2 is 1.71 bits per heavy atom. The van der Waals surface area contributed by atoms with E-state index in [0.717, 1.165) is 15.2 Å². The lowest BCUT2D eigenvalue weighted by Crippen LogP contribution is -2.22. The molecule has 8 heteroatoms. The normalized spacial score (nSPS) is 11.5. The summed E-state index contributed by atoms with van der Waals surface area (Å²) in [6, 6.07) is 15.9. The summed E-state index contributed by atoms with van der Waals surface area (Å²) < 4.78 is 41.9. The number of alkyl halides is 3. The fourth-order valence-corrected chi connectivity index (χ4v) is 2.78. The highest BCUT2D eigenvalue weighted by Gasteiger charge is 2.36. The van der Waals surface area contributed by atoms with Gasteiger partial charge < -0.3 is 0 Å². The van der Waals surface area contributed by atoms with E-state index in [1.807, 2.05) is 0 Å². The Hall–Kier alpha value is -3.18. The Bertz CT molecular complexity index is 1130. The van der Waals surface area contributed by atoms with Gasteiger partial charge in [-0.2, -0.15) is 18.3 Å². The van der Waals surface area contributed by atoms with E-state index >= 15 is 0 Å². The summed E-state index contributed by atoms with van der Waals surface area (Å²) >= 11 is 3.30. The molecule has 0 aliphatic heterocycles. The summed E-state index contributed by atoms with van der Waals surface area (Å²) in [5, 5.41) is 4.07. The van der Waals surface area contributed by atoms with Crippen molar-refractivity contribution in [3.8, 4) is 11.3 Å². The summed E-state index contributed by atoms with van der Waals surface area (Å²) in [6.45, 7) is 7.05. The number of rotatable bonds is 3. The van der Waals surface area contributed by atoms with Crippen LogP contribution in [0.5, 0.6) is 0 Å². The van der Waals surface area contributed by atoms with Crippen molar-refractivity contribution in [2.45, 2.75) is 6.18 Å². The lowest BCUT2D eigenvalue weighted by molar-refractivity contribution is -0.136. The first kappa shape index (κ1) is 19.6. The number of halogens is 4.